The van der Waals surface area contributed by atoms with E-state index >= 15 is 0 Å². The van der Waals surface area contributed by atoms with E-state index in [0.717, 1.165) is 38.2 Å². The first-order valence-electron chi connectivity index (χ1n) is 8.14. The summed E-state index contributed by atoms with van der Waals surface area (Å²) in [5.41, 5.74) is 0.760. The van der Waals surface area contributed by atoms with Gasteiger partial charge < -0.3 is 15.0 Å². The molecule has 126 valence electrons. The molecule has 1 aromatic carbocycles. The van der Waals surface area contributed by atoms with Crippen molar-refractivity contribution in [3.05, 3.63) is 29.3 Å². The monoisotopic (exact) mass is 339 g/mol. The molecule has 5 nitrogen and oxygen atoms in total. The van der Waals surface area contributed by atoms with Crippen molar-refractivity contribution in [3.63, 3.8) is 0 Å². The molecule has 6 heteroatoms. The minimum absolute atomic E-state index is 0.00680. The number of carbonyl (C=O) groups excluding carboxylic acids is 2. The van der Waals surface area contributed by atoms with Gasteiger partial charge in [0.1, 0.15) is 0 Å². The average Bonchev–Trinajstić information content (AvgIpc) is 2.56. The van der Waals surface area contributed by atoms with E-state index in [9.17, 15) is 9.59 Å². The highest BCUT2D eigenvalue weighted by Gasteiger charge is 2.28. The fourth-order valence-corrected chi connectivity index (χ4v) is 2.94. The van der Waals surface area contributed by atoms with Crippen molar-refractivity contribution in [1.82, 2.24) is 0 Å². The Bertz CT molecular complexity index is 525. The normalized spacial score (nSPS) is 20.8. The lowest BCUT2D eigenvalue weighted by atomic mass is 9.97. The van der Waals surface area contributed by atoms with Crippen LogP contribution in [0.3, 0.4) is 0 Å². The molecule has 1 fully saturated rings. The van der Waals surface area contributed by atoms with Crippen molar-refractivity contribution in [2.24, 2.45) is 5.92 Å². The van der Waals surface area contributed by atoms with E-state index in [4.69, 9.17) is 16.3 Å². The van der Waals surface area contributed by atoms with Crippen LogP contribution in [0.5, 0.6) is 0 Å². The third-order valence-corrected chi connectivity index (χ3v) is 4.40. The maximum atomic E-state index is 12.0. The summed E-state index contributed by atoms with van der Waals surface area (Å²) in [6, 6.07) is 7.08. The first-order chi connectivity index (χ1) is 11.1. The summed E-state index contributed by atoms with van der Waals surface area (Å²) in [5, 5.41) is 3.52. The van der Waals surface area contributed by atoms with Crippen LogP contribution in [0.1, 0.15) is 26.2 Å². The van der Waals surface area contributed by atoms with Crippen LogP contribution in [-0.4, -0.2) is 38.1 Å². The summed E-state index contributed by atoms with van der Waals surface area (Å²) in [6.45, 7) is 4.89. The Morgan fingerprint density at radius 2 is 1.91 bits per heavy atom. The first-order valence-corrected chi connectivity index (χ1v) is 8.52. The van der Waals surface area contributed by atoms with Crippen molar-refractivity contribution in [2.45, 2.75) is 26.2 Å². The van der Waals surface area contributed by atoms with Gasteiger partial charge in [0.05, 0.1) is 38.6 Å². The van der Waals surface area contributed by atoms with E-state index < -0.39 is 0 Å². The fraction of sp³-hybridized carbons (Fsp3) is 0.529. The van der Waals surface area contributed by atoms with Gasteiger partial charge in [-0.05, 0) is 31.2 Å². The number of quaternary nitrogens is 1. The minimum atomic E-state index is -0.0768. The molecule has 0 saturated carbocycles. The zero-order valence-corrected chi connectivity index (χ0v) is 14.2. The number of amides is 1. The Morgan fingerprint density at radius 1 is 1.26 bits per heavy atom. The van der Waals surface area contributed by atoms with E-state index in [1.54, 1.807) is 24.3 Å². The number of rotatable bonds is 6. The Morgan fingerprint density at radius 3 is 2.52 bits per heavy atom. The fourth-order valence-electron chi connectivity index (χ4n) is 2.82. The first kappa shape index (κ1) is 17.8. The van der Waals surface area contributed by atoms with Crippen molar-refractivity contribution in [1.29, 1.82) is 0 Å². The van der Waals surface area contributed by atoms with Crippen LogP contribution in [0, 0.1) is 5.92 Å². The van der Waals surface area contributed by atoms with Crippen molar-refractivity contribution < 1.29 is 19.2 Å². The lowest BCUT2D eigenvalue weighted by Crippen LogP contribution is -3.13. The van der Waals surface area contributed by atoms with Gasteiger partial charge in [0, 0.05) is 23.6 Å². The van der Waals surface area contributed by atoms with Gasteiger partial charge >= 0.3 is 5.97 Å². The quantitative estimate of drug-likeness (QED) is 0.773. The number of carbonyl (C=O) groups is 2. The molecule has 0 aromatic heterocycles. The number of nitrogens with one attached hydrogen (secondary N) is 2. The maximum absolute atomic E-state index is 12.0. The molecule has 0 unspecified atom stereocenters. The second-order valence-corrected chi connectivity index (χ2v) is 6.27. The molecule has 2 N–H and O–H groups in total. The summed E-state index contributed by atoms with van der Waals surface area (Å²) in [5.74, 6) is -0.0408. The van der Waals surface area contributed by atoms with Gasteiger partial charge in [-0.3, -0.25) is 9.59 Å². The van der Waals surface area contributed by atoms with E-state index in [0.29, 0.717) is 18.1 Å². The molecule has 23 heavy (non-hydrogen) atoms. The molecule has 1 heterocycles. The van der Waals surface area contributed by atoms with Gasteiger partial charge in [0.2, 0.25) is 5.91 Å². The molecule has 1 aliphatic heterocycles. The number of anilines is 1. The molecule has 1 saturated heterocycles. The average molecular weight is 340 g/mol. The van der Waals surface area contributed by atoms with Crippen LogP contribution >= 0.6 is 11.6 Å². The van der Waals surface area contributed by atoms with Crippen LogP contribution in [0.25, 0.3) is 0 Å². The van der Waals surface area contributed by atoms with E-state index in [-0.39, 0.29) is 17.8 Å². The van der Waals surface area contributed by atoms with Crippen molar-refractivity contribution in [2.75, 3.05) is 31.6 Å². The second kappa shape index (κ2) is 8.89. The number of piperidine rings is 1. The molecule has 0 radical (unpaired) electrons. The van der Waals surface area contributed by atoms with Gasteiger partial charge in [-0.15, -0.1) is 0 Å². The zero-order valence-electron chi connectivity index (χ0n) is 13.4. The Kier molecular flexibility index (Phi) is 6.86. The third-order valence-electron chi connectivity index (χ3n) is 4.15. The standard InChI is InChI=1S/C17H23ClN2O3/c1-2-23-17(22)13-7-10-20(11-8-13)12-9-16(21)19-15-5-3-14(18)4-6-15/h3-6,13H,2,7-12H2,1H3,(H,19,21)/p+1. The number of ether oxygens (including phenoxy) is 1. The molecule has 0 bridgehead atoms. The van der Waals surface area contributed by atoms with E-state index in [1.807, 2.05) is 6.92 Å². The molecule has 1 amide bonds. The third kappa shape index (κ3) is 5.84. The Balaban J connectivity index is 1.67. The van der Waals surface area contributed by atoms with Crippen molar-refractivity contribution in [3.8, 4) is 0 Å². The molecule has 1 aromatic rings. The summed E-state index contributed by atoms with van der Waals surface area (Å²) in [7, 11) is 0. The predicted octanol–water partition coefficient (Wildman–Crippen LogP) is 1.53. The van der Waals surface area contributed by atoms with E-state index in [2.05, 4.69) is 5.32 Å². The second-order valence-electron chi connectivity index (χ2n) is 5.83. The summed E-state index contributed by atoms with van der Waals surface area (Å²) < 4.78 is 5.07. The maximum Gasteiger partial charge on any atom is 0.309 e. The largest absolute Gasteiger partial charge is 0.466 e. The van der Waals surface area contributed by atoms with Crippen molar-refractivity contribution >= 4 is 29.2 Å². The van der Waals surface area contributed by atoms with Crippen LogP contribution in [-0.2, 0) is 14.3 Å². The highest BCUT2D eigenvalue weighted by Crippen LogP contribution is 2.14. The Hall–Kier alpha value is -1.59. The van der Waals surface area contributed by atoms with Gasteiger partial charge in [-0.1, -0.05) is 11.6 Å². The topological polar surface area (TPSA) is 59.8 Å². The number of likely N-dealkylation sites (tertiary alicyclic amines) is 1. The zero-order chi connectivity index (χ0) is 16.7. The molecule has 2 rings (SSSR count). The van der Waals surface area contributed by atoms with Crippen LogP contribution in [0.15, 0.2) is 24.3 Å². The SMILES string of the molecule is CCOC(=O)C1CC[NH+](CCC(=O)Nc2ccc(Cl)cc2)CC1. The van der Waals surface area contributed by atoms with Gasteiger partial charge in [-0.25, -0.2) is 0 Å². The summed E-state index contributed by atoms with van der Waals surface area (Å²) in [6.07, 6.45) is 2.15. The minimum Gasteiger partial charge on any atom is -0.466 e. The van der Waals surface area contributed by atoms with Crippen LogP contribution in [0.2, 0.25) is 5.02 Å². The number of hydrogen-bond donors (Lipinski definition) is 2. The molecule has 0 aliphatic carbocycles. The molecular formula is C17H24ClN2O3+. The number of esters is 1. The molecular weight excluding hydrogens is 316 g/mol. The molecule has 0 atom stereocenters. The van der Waals surface area contributed by atoms with Gasteiger partial charge in [-0.2, -0.15) is 0 Å². The van der Waals surface area contributed by atoms with Gasteiger partial charge in [0.25, 0.3) is 0 Å². The highest BCUT2D eigenvalue weighted by atomic mass is 35.5. The van der Waals surface area contributed by atoms with Crippen LogP contribution in [0.4, 0.5) is 5.69 Å². The number of benzene rings is 1. The molecule has 0 spiro atoms. The number of hydrogen-bond acceptors (Lipinski definition) is 3. The Labute approximate surface area is 141 Å². The summed E-state index contributed by atoms with van der Waals surface area (Å²) in [4.78, 5) is 25.0. The lowest BCUT2D eigenvalue weighted by Gasteiger charge is -2.27. The molecule has 1 aliphatic rings. The van der Waals surface area contributed by atoms with Crippen LogP contribution < -0.4 is 10.2 Å². The summed E-state index contributed by atoms with van der Waals surface area (Å²) >= 11 is 5.82. The highest BCUT2D eigenvalue weighted by molar-refractivity contribution is 6.30. The predicted molar refractivity (Wildman–Crippen MR) is 89.6 cm³/mol. The number of halogens is 1. The smallest absolute Gasteiger partial charge is 0.309 e. The lowest BCUT2D eigenvalue weighted by molar-refractivity contribution is -0.905. The van der Waals surface area contributed by atoms with Gasteiger partial charge in [0.15, 0.2) is 0 Å². The van der Waals surface area contributed by atoms with E-state index in [1.165, 1.54) is 4.90 Å².